The zero-order valence-corrected chi connectivity index (χ0v) is 9.53. The molecule has 0 aliphatic carbocycles. The Labute approximate surface area is 90.8 Å². The van der Waals surface area contributed by atoms with E-state index in [0.29, 0.717) is 32.2 Å². The molecule has 0 radical (unpaired) electrons. The fourth-order valence-electron chi connectivity index (χ4n) is 2.08. The summed E-state index contributed by atoms with van der Waals surface area (Å²) in [5.74, 6) is -0.384. The summed E-state index contributed by atoms with van der Waals surface area (Å²) in [6.07, 6.45) is 3.44. The van der Waals surface area contributed by atoms with Crippen LogP contribution in [0.15, 0.2) is 0 Å². The summed E-state index contributed by atoms with van der Waals surface area (Å²) in [6.45, 7) is 5.93. The molecule has 0 aromatic carbocycles. The predicted molar refractivity (Wildman–Crippen MR) is 54.4 cm³/mol. The van der Waals surface area contributed by atoms with Gasteiger partial charge in [-0.05, 0) is 26.7 Å². The van der Waals surface area contributed by atoms with Crippen LogP contribution >= 0.6 is 0 Å². The molecule has 0 spiro atoms. The van der Waals surface area contributed by atoms with Crippen molar-refractivity contribution in [2.75, 3.05) is 20.0 Å². The number of hydrogen-bond donors (Lipinski definition) is 0. The Bertz CT molecular complexity index is 201. The van der Waals surface area contributed by atoms with Crippen molar-refractivity contribution in [3.8, 4) is 0 Å². The first kappa shape index (κ1) is 11.3. The molecule has 0 saturated carbocycles. The lowest BCUT2D eigenvalue weighted by Crippen LogP contribution is -2.33. The molecule has 0 aromatic rings. The van der Waals surface area contributed by atoms with Gasteiger partial charge >= 0.3 is 0 Å². The van der Waals surface area contributed by atoms with Gasteiger partial charge in [0.15, 0.2) is 5.79 Å². The monoisotopic (exact) mass is 216 g/mol. The third-order valence-corrected chi connectivity index (χ3v) is 3.07. The predicted octanol–water partition coefficient (Wildman–Crippen LogP) is 1.68. The lowest BCUT2D eigenvalue weighted by atomic mass is 10.0. The molecule has 2 aliphatic heterocycles. The van der Waals surface area contributed by atoms with Gasteiger partial charge < -0.3 is 18.9 Å². The van der Waals surface area contributed by atoms with Crippen LogP contribution in [0.1, 0.15) is 33.1 Å². The fraction of sp³-hybridized carbons (Fsp3) is 1.00. The van der Waals surface area contributed by atoms with Crippen LogP contribution in [0.25, 0.3) is 0 Å². The van der Waals surface area contributed by atoms with E-state index in [4.69, 9.17) is 18.9 Å². The van der Waals surface area contributed by atoms with Gasteiger partial charge in [-0.25, -0.2) is 0 Å². The van der Waals surface area contributed by atoms with Gasteiger partial charge in [0.1, 0.15) is 6.79 Å². The first-order valence-corrected chi connectivity index (χ1v) is 5.69. The minimum absolute atomic E-state index is 0.290. The maximum Gasteiger partial charge on any atom is 0.165 e. The van der Waals surface area contributed by atoms with Gasteiger partial charge in [0.05, 0.1) is 25.4 Å². The van der Waals surface area contributed by atoms with Crippen LogP contribution in [-0.4, -0.2) is 38.0 Å². The van der Waals surface area contributed by atoms with Crippen LogP contribution < -0.4 is 0 Å². The summed E-state index contributed by atoms with van der Waals surface area (Å²) in [5, 5.41) is 0. The third-order valence-electron chi connectivity index (χ3n) is 3.07. The van der Waals surface area contributed by atoms with Crippen molar-refractivity contribution in [2.24, 2.45) is 0 Å². The highest BCUT2D eigenvalue weighted by Gasteiger charge is 2.32. The van der Waals surface area contributed by atoms with Crippen LogP contribution in [0.5, 0.6) is 0 Å². The lowest BCUT2D eigenvalue weighted by molar-refractivity contribution is -0.187. The molecular weight excluding hydrogens is 196 g/mol. The molecule has 0 unspecified atom stereocenters. The average Bonchev–Trinajstić information content (AvgIpc) is 2.63. The summed E-state index contributed by atoms with van der Waals surface area (Å²) in [6, 6.07) is 0. The van der Waals surface area contributed by atoms with Gasteiger partial charge in [-0.1, -0.05) is 0 Å². The summed E-state index contributed by atoms with van der Waals surface area (Å²) in [5.41, 5.74) is 0. The molecule has 4 nitrogen and oxygen atoms in total. The SMILES string of the molecule is C[C@@H]1C[C@H](CCC2(C)OCCO2)OCO1. The molecule has 2 atom stereocenters. The normalized spacial score (nSPS) is 35.6. The lowest BCUT2D eigenvalue weighted by Gasteiger charge is -2.30. The molecule has 0 bridgehead atoms. The molecule has 4 heteroatoms. The molecule has 2 fully saturated rings. The highest BCUT2D eigenvalue weighted by Crippen LogP contribution is 2.27. The topological polar surface area (TPSA) is 36.9 Å². The van der Waals surface area contributed by atoms with Crippen molar-refractivity contribution in [3.63, 3.8) is 0 Å². The van der Waals surface area contributed by atoms with Gasteiger partial charge in [-0.15, -0.1) is 0 Å². The minimum atomic E-state index is -0.384. The van der Waals surface area contributed by atoms with Gasteiger partial charge in [-0.2, -0.15) is 0 Å². The fourth-order valence-corrected chi connectivity index (χ4v) is 2.08. The molecule has 0 aromatic heterocycles. The molecule has 0 N–H and O–H groups in total. The van der Waals surface area contributed by atoms with E-state index in [-0.39, 0.29) is 5.79 Å². The van der Waals surface area contributed by atoms with Crippen LogP contribution in [-0.2, 0) is 18.9 Å². The van der Waals surface area contributed by atoms with E-state index in [1.807, 2.05) is 6.92 Å². The third kappa shape index (κ3) is 3.14. The summed E-state index contributed by atoms with van der Waals surface area (Å²) in [7, 11) is 0. The largest absolute Gasteiger partial charge is 0.352 e. The maximum absolute atomic E-state index is 5.55. The molecule has 15 heavy (non-hydrogen) atoms. The van der Waals surface area contributed by atoms with Crippen molar-refractivity contribution in [1.29, 1.82) is 0 Å². The van der Waals surface area contributed by atoms with Gasteiger partial charge in [0.25, 0.3) is 0 Å². The molecule has 2 heterocycles. The Morgan fingerprint density at radius 2 is 1.93 bits per heavy atom. The first-order chi connectivity index (χ1) is 7.18. The Morgan fingerprint density at radius 1 is 1.20 bits per heavy atom. The van der Waals surface area contributed by atoms with E-state index in [1.54, 1.807) is 0 Å². The molecule has 2 rings (SSSR count). The zero-order chi connectivity index (χ0) is 10.7. The molecule has 2 saturated heterocycles. The van der Waals surface area contributed by atoms with Crippen LogP contribution in [0.3, 0.4) is 0 Å². The van der Waals surface area contributed by atoms with E-state index in [0.717, 1.165) is 19.3 Å². The van der Waals surface area contributed by atoms with Crippen molar-refractivity contribution in [1.82, 2.24) is 0 Å². The van der Waals surface area contributed by atoms with Gasteiger partial charge in [0.2, 0.25) is 0 Å². The van der Waals surface area contributed by atoms with Crippen molar-refractivity contribution < 1.29 is 18.9 Å². The highest BCUT2D eigenvalue weighted by molar-refractivity contribution is 4.73. The quantitative estimate of drug-likeness (QED) is 0.719. The van der Waals surface area contributed by atoms with E-state index in [1.165, 1.54) is 0 Å². The van der Waals surface area contributed by atoms with E-state index in [2.05, 4.69) is 6.92 Å². The van der Waals surface area contributed by atoms with Crippen molar-refractivity contribution in [3.05, 3.63) is 0 Å². The second kappa shape index (κ2) is 4.78. The molecule has 0 amide bonds. The summed E-state index contributed by atoms with van der Waals surface area (Å²) >= 11 is 0. The number of hydrogen-bond acceptors (Lipinski definition) is 4. The second-order valence-corrected chi connectivity index (χ2v) is 4.49. The van der Waals surface area contributed by atoms with E-state index in [9.17, 15) is 0 Å². The van der Waals surface area contributed by atoms with Crippen LogP contribution in [0.2, 0.25) is 0 Å². The minimum Gasteiger partial charge on any atom is -0.352 e. The standard InChI is InChI=1S/C11H20O4/c1-9-7-10(13-8-12-9)3-4-11(2)14-5-6-15-11/h9-10H,3-8H2,1-2H3/t9-,10+/m1/s1. The maximum atomic E-state index is 5.55. The Morgan fingerprint density at radius 3 is 2.60 bits per heavy atom. The highest BCUT2D eigenvalue weighted by atomic mass is 16.7. The van der Waals surface area contributed by atoms with E-state index < -0.39 is 0 Å². The van der Waals surface area contributed by atoms with Gasteiger partial charge in [0, 0.05) is 6.42 Å². The van der Waals surface area contributed by atoms with Crippen molar-refractivity contribution >= 4 is 0 Å². The van der Waals surface area contributed by atoms with Gasteiger partial charge in [-0.3, -0.25) is 0 Å². The average molecular weight is 216 g/mol. The number of ether oxygens (including phenoxy) is 4. The van der Waals surface area contributed by atoms with Crippen LogP contribution in [0.4, 0.5) is 0 Å². The Kier molecular flexibility index (Phi) is 3.61. The molecule has 2 aliphatic rings. The number of rotatable bonds is 3. The summed E-state index contributed by atoms with van der Waals surface area (Å²) in [4.78, 5) is 0. The molecule has 88 valence electrons. The zero-order valence-electron chi connectivity index (χ0n) is 9.53. The van der Waals surface area contributed by atoms with Crippen LogP contribution in [0, 0.1) is 0 Å². The smallest absolute Gasteiger partial charge is 0.165 e. The molecular formula is C11H20O4. The Hall–Kier alpha value is -0.160. The van der Waals surface area contributed by atoms with E-state index >= 15 is 0 Å². The second-order valence-electron chi connectivity index (χ2n) is 4.49. The summed E-state index contributed by atoms with van der Waals surface area (Å²) < 4.78 is 21.9. The first-order valence-electron chi connectivity index (χ1n) is 5.69. The van der Waals surface area contributed by atoms with Crippen molar-refractivity contribution in [2.45, 2.75) is 51.1 Å². The Balaban J connectivity index is 1.72.